The Hall–Kier alpha value is -2.55. The van der Waals surface area contributed by atoms with Crippen LogP contribution in [0.15, 0.2) is 67.0 Å². The third-order valence-electron chi connectivity index (χ3n) is 3.12. The summed E-state index contributed by atoms with van der Waals surface area (Å²) in [5, 5.41) is 3.07. The third-order valence-corrected chi connectivity index (χ3v) is 3.12. The van der Waals surface area contributed by atoms with Gasteiger partial charge in [-0.25, -0.2) is 4.98 Å². The molecule has 19 heavy (non-hydrogen) atoms. The molecular formula is C16H15N3. The smallest absolute Gasteiger partial charge is 0.207 e. The lowest BCUT2D eigenvalue weighted by Gasteiger charge is -2.08. The summed E-state index contributed by atoms with van der Waals surface area (Å²) in [6, 6.07) is 18.8. The van der Waals surface area contributed by atoms with Crippen molar-refractivity contribution in [2.75, 3.05) is 12.4 Å². The van der Waals surface area contributed by atoms with Gasteiger partial charge in [-0.3, -0.25) is 4.57 Å². The van der Waals surface area contributed by atoms with Gasteiger partial charge in [0.05, 0.1) is 0 Å². The fourth-order valence-electron chi connectivity index (χ4n) is 2.14. The molecule has 0 aliphatic carbocycles. The molecule has 0 saturated heterocycles. The summed E-state index contributed by atoms with van der Waals surface area (Å²) in [5.41, 5.74) is 3.55. The fourth-order valence-corrected chi connectivity index (χ4v) is 2.14. The Bertz CT molecular complexity index is 654. The van der Waals surface area contributed by atoms with Crippen LogP contribution in [-0.2, 0) is 0 Å². The molecule has 0 aliphatic rings. The molecule has 0 spiro atoms. The molecule has 0 atom stereocenters. The molecule has 0 amide bonds. The standard InChI is InChI=1S/C16H15N3/c1-17-16-18-11-12-19(16)15-9-7-14(8-10-15)13-5-3-2-4-6-13/h2-12H,1H3,(H,17,18). The Balaban J connectivity index is 1.96. The van der Waals surface area contributed by atoms with E-state index in [1.807, 2.05) is 23.9 Å². The van der Waals surface area contributed by atoms with Crippen LogP contribution in [0.1, 0.15) is 0 Å². The number of anilines is 1. The van der Waals surface area contributed by atoms with Gasteiger partial charge in [-0.05, 0) is 23.3 Å². The lowest BCUT2D eigenvalue weighted by Crippen LogP contribution is -2.00. The summed E-state index contributed by atoms with van der Waals surface area (Å²) in [6.45, 7) is 0. The highest BCUT2D eigenvalue weighted by atomic mass is 15.2. The highest BCUT2D eigenvalue weighted by Gasteiger charge is 2.03. The minimum Gasteiger partial charge on any atom is -0.358 e. The van der Waals surface area contributed by atoms with E-state index >= 15 is 0 Å². The molecule has 3 nitrogen and oxygen atoms in total. The predicted molar refractivity (Wildman–Crippen MR) is 78.5 cm³/mol. The molecule has 3 heteroatoms. The summed E-state index contributed by atoms with van der Waals surface area (Å²) in [4.78, 5) is 4.24. The Morgan fingerprint density at radius 1 is 0.895 bits per heavy atom. The second-order valence-corrected chi connectivity index (χ2v) is 4.28. The van der Waals surface area contributed by atoms with Crippen molar-refractivity contribution in [2.45, 2.75) is 0 Å². The Morgan fingerprint density at radius 3 is 2.26 bits per heavy atom. The number of hydrogen-bond acceptors (Lipinski definition) is 2. The Kier molecular flexibility index (Phi) is 3.02. The molecule has 1 N–H and O–H groups in total. The van der Waals surface area contributed by atoms with Crippen LogP contribution in [0.3, 0.4) is 0 Å². The van der Waals surface area contributed by atoms with E-state index in [1.54, 1.807) is 6.20 Å². The number of aromatic nitrogens is 2. The molecular weight excluding hydrogens is 234 g/mol. The molecule has 0 unspecified atom stereocenters. The Morgan fingerprint density at radius 2 is 1.58 bits per heavy atom. The lowest BCUT2D eigenvalue weighted by molar-refractivity contribution is 1.06. The molecule has 3 aromatic rings. The molecule has 0 bridgehead atoms. The van der Waals surface area contributed by atoms with Gasteiger partial charge in [-0.1, -0.05) is 42.5 Å². The van der Waals surface area contributed by atoms with Crippen LogP contribution in [0, 0.1) is 0 Å². The number of nitrogens with one attached hydrogen (secondary N) is 1. The van der Waals surface area contributed by atoms with Crippen molar-refractivity contribution in [1.82, 2.24) is 9.55 Å². The van der Waals surface area contributed by atoms with Crippen LogP contribution in [-0.4, -0.2) is 16.6 Å². The third kappa shape index (κ3) is 2.22. The molecule has 0 radical (unpaired) electrons. The van der Waals surface area contributed by atoms with E-state index in [0.717, 1.165) is 11.6 Å². The maximum atomic E-state index is 4.24. The van der Waals surface area contributed by atoms with Crippen LogP contribution >= 0.6 is 0 Å². The van der Waals surface area contributed by atoms with Gasteiger partial charge in [0.25, 0.3) is 0 Å². The zero-order valence-corrected chi connectivity index (χ0v) is 10.7. The van der Waals surface area contributed by atoms with E-state index in [9.17, 15) is 0 Å². The van der Waals surface area contributed by atoms with Gasteiger partial charge < -0.3 is 5.32 Å². The predicted octanol–water partition coefficient (Wildman–Crippen LogP) is 3.58. The molecule has 0 saturated carbocycles. The highest BCUT2D eigenvalue weighted by molar-refractivity contribution is 5.64. The van der Waals surface area contributed by atoms with E-state index in [4.69, 9.17) is 0 Å². The first-order valence-corrected chi connectivity index (χ1v) is 6.25. The van der Waals surface area contributed by atoms with Crippen molar-refractivity contribution >= 4 is 5.95 Å². The highest BCUT2D eigenvalue weighted by Crippen LogP contribution is 2.21. The van der Waals surface area contributed by atoms with Gasteiger partial charge in [-0.2, -0.15) is 0 Å². The van der Waals surface area contributed by atoms with E-state index in [2.05, 4.69) is 58.8 Å². The van der Waals surface area contributed by atoms with Gasteiger partial charge in [0.2, 0.25) is 5.95 Å². The van der Waals surface area contributed by atoms with E-state index < -0.39 is 0 Å². The molecule has 1 aromatic heterocycles. The van der Waals surface area contributed by atoms with Crippen molar-refractivity contribution in [3.8, 4) is 16.8 Å². The minimum absolute atomic E-state index is 0.840. The number of nitrogens with zero attached hydrogens (tertiary/aromatic N) is 2. The quantitative estimate of drug-likeness (QED) is 0.769. The molecule has 2 aromatic carbocycles. The van der Waals surface area contributed by atoms with E-state index in [0.29, 0.717) is 0 Å². The molecule has 0 fully saturated rings. The summed E-state index contributed by atoms with van der Waals surface area (Å²) in [6.07, 6.45) is 3.74. The monoisotopic (exact) mass is 249 g/mol. The normalized spacial score (nSPS) is 10.4. The van der Waals surface area contributed by atoms with Gasteiger partial charge in [0.15, 0.2) is 0 Å². The summed E-state index contributed by atoms with van der Waals surface area (Å²) in [7, 11) is 1.87. The van der Waals surface area contributed by atoms with Crippen molar-refractivity contribution in [1.29, 1.82) is 0 Å². The maximum absolute atomic E-state index is 4.24. The first-order valence-electron chi connectivity index (χ1n) is 6.25. The van der Waals surface area contributed by atoms with Crippen LogP contribution in [0.4, 0.5) is 5.95 Å². The summed E-state index contributed by atoms with van der Waals surface area (Å²) < 4.78 is 2.02. The zero-order valence-electron chi connectivity index (χ0n) is 10.7. The van der Waals surface area contributed by atoms with Crippen molar-refractivity contribution < 1.29 is 0 Å². The minimum atomic E-state index is 0.840. The summed E-state index contributed by atoms with van der Waals surface area (Å²) in [5.74, 6) is 0.840. The van der Waals surface area contributed by atoms with Crippen LogP contribution in [0.25, 0.3) is 16.8 Å². The van der Waals surface area contributed by atoms with Crippen LogP contribution < -0.4 is 5.32 Å². The van der Waals surface area contributed by atoms with E-state index in [-0.39, 0.29) is 0 Å². The van der Waals surface area contributed by atoms with Crippen molar-refractivity contribution in [2.24, 2.45) is 0 Å². The zero-order chi connectivity index (χ0) is 13.1. The van der Waals surface area contributed by atoms with Crippen molar-refractivity contribution in [3.63, 3.8) is 0 Å². The topological polar surface area (TPSA) is 29.9 Å². The molecule has 0 aliphatic heterocycles. The van der Waals surface area contributed by atoms with Gasteiger partial charge in [-0.15, -0.1) is 0 Å². The van der Waals surface area contributed by atoms with Gasteiger partial charge in [0.1, 0.15) is 0 Å². The van der Waals surface area contributed by atoms with Crippen LogP contribution in [0.5, 0.6) is 0 Å². The molecule has 1 heterocycles. The first-order chi connectivity index (χ1) is 9.38. The van der Waals surface area contributed by atoms with Gasteiger partial charge in [0, 0.05) is 25.1 Å². The molecule has 3 rings (SSSR count). The Labute approximate surface area is 112 Å². The lowest BCUT2D eigenvalue weighted by atomic mass is 10.1. The SMILES string of the molecule is CNc1nccn1-c1ccc(-c2ccccc2)cc1. The number of hydrogen-bond donors (Lipinski definition) is 1. The number of imidazole rings is 1. The second-order valence-electron chi connectivity index (χ2n) is 4.28. The second kappa shape index (κ2) is 4.98. The maximum Gasteiger partial charge on any atom is 0.207 e. The summed E-state index contributed by atoms with van der Waals surface area (Å²) >= 11 is 0. The first kappa shape index (κ1) is 11.5. The average Bonchev–Trinajstić information content (AvgIpc) is 2.97. The fraction of sp³-hybridized carbons (Fsp3) is 0.0625. The number of benzene rings is 2. The largest absolute Gasteiger partial charge is 0.358 e. The number of rotatable bonds is 3. The van der Waals surface area contributed by atoms with Crippen LogP contribution in [0.2, 0.25) is 0 Å². The van der Waals surface area contributed by atoms with E-state index in [1.165, 1.54) is 11.1 Å². The average molecular weight is 249 g/mol. The van der Waals surface area contributed by atoms with Crippen molar-refractivity contribution in [3.05, 3.63) is 67.0 Å². The van der Waals surface area contributed by atoms with Gasteiger partial charge >= 0.3 is 0 Å². The molecule has 94 valence electrons.